The minimum absolute atomic E-state index is 0.0573. The molecular formula is C12H15F2N. The van der Waals surface area contributed by atoms with Crippen molar-refractivity contribution in [2.45, 2.75) is 32.2 Å². The molecule has 0 aromatic heterocycles. The molecule has 82 valence electrons. The predicted molar refractivity (Wildman–Crippen MR) is 55.4 cm³/mol. The van der Waals surface area contributed by atoms with E-state index in [0.717, 1.165) is 12.8 Å². The first-order valence-electron chi connectivity index (χ1n) is 5.29. The number of hydrogen-bond acceptors (Lipinski definition) is 1. The van der Waals surface area contributed by atoms with Crippen molar-refractivity contribution in [3.8, 4) is 0 Å². The third-order valence-electron chi connectivity index (χ3n) is 2.97. The maximum absolute atomic E-state index is 13.7. The van der Waals surface area contributed by atoms with Gasteiger partial charge in [0.1, 0.15) is 11.6 Å². The standard InChI is InChI=1S/C12H15F2N/c1-7-2-5-9(13)11(12(7)14)10(15)6-8-3-4-8/h2,5,8,10H,3-4,6,15H2,1H3. The van der Waals surface area contributed by atoms with Gasteiger partial charge in [-0.15, -0.1) is 0 Å². The van der Waals surface area contributed by atoms with Gasteiger partial charge in [-0.05, 0) is 30.9 Å². The highest BCUT2D eigenvalue weighted by molar-refractivity contribution is 5.29. The Bertz CT molecular complexity index is 372. The fraction of sp³-hybridized carbons (Fsp3) is 0.500. The summed E-state index contributed by atoms with van der Waals surface area (Å²) in [6.07, 6.45) is 2.98. The number of hydrogen-bond donors (Lipinski definition) is 1. The second-order valence-corrected chi connectivity index (χ2v) is 4.38. The third kappa shape index (κ3) is 2.17. The minimum Gasteiger partial charge on any atom is -0.324 e. The Morgan fingerprint density at radius 2 is 2.07 bits per heavy atom. The van der Waals surface area contributed by atoms with Crippen LogP contribution in [-0.4, -0.2) is 0 Å². The maximum atomic E-state index is 13.7. The van der Waals surface area contributed by atoms with Gasteiger partial charge in [0.05, 0.1) is 0 Å². The minimum atomic E-state index is -0.522. The largest absolute Gasteiger partial charge is 0.324 e. The second-order valence-electron chi connectivity index (χ2n) is 4.38. The third-order valence-corrected chi connectivity index (χ3v) is 2.97. The lowest BCUT2D eigenvalue weighted by atomic mass is 9.99. The Morgan fingerprint density at radius 3 is 2.67 bits per heavy atom. The molecule has 0 heterocycles. The van der Waals surface area contributed by atoms with Crippen molar-refractivity contribution in [3.05, 3.63) is 34.9 Å². The molecule has 0 aliphatic heterocycles. The van der Waals surface area contributed by atoms with Crippen molar-refractivity contribution in [3.63, 3.8) is 0 Å². The van der Waals surface area contributed by atoms with E-state index in [2.05, 4.69) is 0 Å². The molecule has 3 heteroatoms. The molecule has 2 rings (SSSR count). The van der Waals surface area contributed by atoms with Crippen LogP contribution in [0.25, 0.3) is 0 Å². The molecule has 1 aromatic rings. The van der Waals surface area contributed by atoms with Crippen molar-refractivity contribution in [2.75, 3.05) is 0 Å². The number of benzene rings is 1. The van der Waals surface area contributed by atoms with Gasteiger partial charge in [0.25, 0.3) is 0 Å². The molecule has 1 saturated carbocycles. The van der Waals surface area contributed by atoms with E-state index in [1.165, 1.54) is 12.1 Å². The Kier molecular flexibility index (Phi) is 2.74. The molecular weight excluding hydrogens is 196 g/mol. The van der Waals surface area contributed by atoms with E-state index in [1.54, 1.807) is 6.92 Å². The lowest BCUT2D eigenvalue weighted by molar-refractivity contribution is 0.495. The van der Waals surface area contributed by atoms with Crippen LogP contribution in [0.3, 0.4) is 0 Å². The van der Waals surface area contributed by atoms with Crippen LogP contribution >= 0.6 is 0 Å². The van der Waals surface area contributed by atoms with E-state index in [-0.39, 0.29) is 5.56 Å². The van der Waals surface area contributed by atoms with E-state index in [9.17, 15) is 8.78 Å². The lowest BCUT2D eigenvalue weighted by Gasteiger charge is -2.14. The predicted octanol–water partition coefficient (Wildman–Crippen LogP) is 3.07. The first-order chi connectivity index (χ1) is 7.09. The summed E-state index contributed by atoms with van der Waals surface area (Å²) in [4.78, 5) is 0. The fourth-order valence-corrected chi connectivity index (χ4v) is 1.85. The van der Waals surface area contributed by atoms with Crippen LogP contribution in [0, 0.1) is 24.5 Å². The van der Waals surface area contributed by atoms with Crippen LogP contribution < -0.4 is 5.73 Å². The van der Waals surface area contributed by atoms with Gasteiger partial charge in [0.15, 0.2) is 0 Å². The Balaban J connectivity index is 2.27. The average molecular weight is 211 g/mol. The van der Waals surface area contributed by atoms with Crippen molar-refractivity contribution in [2.24, 2.45) is 11.7 Å². The van der Waals surface area contributed by atoms with Crippen molar-refractivity contribution >= 4 is 0 Å². The monoisotopic (exact) mass is 211 g/mol. The number of halogens is 2. The van der Waals surface area contributed by atoms with E-state index in [4.69, 9.17) is 5.73 Å². The summed E-state index contributed by atoms with van der Waals surface area (Å²) in [6, 6.07) is 2.23. The molecule has 0 amide bonds. The van der Waals surface area contributed by atoms with Crippen molar-refractivity contribution < 1.29 is 8.78 Å². The van der Waals surface area contributed by atoms with Crippen LogP contribution in [0.2, 0.25) is 0 Å². The van der Waals surface area contributed by atoms with Crippen molar-refractivity contribution in [1.82, 2.24) is 0 Å². The van der Waals surface area contributed by atoms with Crippen LogP contribution in [0.15, 0.2) is 12.1 Å². The first kappa shape index (κ1) is 10.6. The Labute approximate surface area is 88.3 Å². The van der Waals surface area contributed by atoms with Gasteiger partial charge < -0.3 is 5.73 Å². The summed E-state index contributed by atoms with van der Waals surface area (Å²) in [6.45, 7) is 1.63. The van der Waals surface area contributed by atoms with Gasteiger partial charge in [0, 0.05) is 11.6 Å². The molecule has 15 heavy (non-hydrogen) atoms. The van der Waals surface area contributed by atoms with E-state index >= 15 is 0 Å². The fourth-order valence-electron chi connectivity index (χ4n) is 1.85. The molecule has 0 saturated heterocycles. The zero-order valence-electron chi connectivity index (χ0n) is 8.76. The Morgan fingerprint density at radius 1 is 1.40 bits per heavy atom. The smallest absolute Gasteiger partial charge is 0.133 e. The molecule has 1 unspecified atom stereocenters. The van der Waals surface area contributed by atoms with Gasteiger partial charge in [-0.2, -0.15) is 0 Å². The van der Waals surface area contributed by atoms with Crippen LogP contribution in [-0.2, 0) is 0 Å². The summed E-state index contributed by atoms with van der Waals surface area (Å²) in [5, 5.41) is 0. The molecule has 0 radical (unpaired) electrons. The molecule has 0 spiro atoms. The van der Waals surface area contributed by atoms with Crippen molar-refractivity contribution in [1.29, 1.82) is 0 Å². The average Bonchev–Trinajstić information content (AvgIpc) is 2.96. The summed E-state index contributed by atoms with van der Waals surface area (Å²) in [5.41, 5.74) is 6.34. The summed E-state index contributed by atoms with van der Waals surface area (Å²) in [7, 11) is 0. The van der Waals surface area contributed by atoms with Gasteiger partial charge in [-0.25, -0.2) is 8.78 Å². The van der Waals surface area contributed by atoms with E-state index < -0.39 is 17.7 Å². The highest BCUT2D eigenvalue weighted by Gasteiger charge is 2.27. The summed E-state index contributed by atoms with van der Waals surface area (Å²) in [5.74, 6) is -0.436. The van der Waals surface area contributed by atoms with Gasteiger partial charge >= 0.3 is 0 Å². The number of nitrogens with two attached hydrogens (primary N) is 1. The maximum Gasteiger partial charge on any atom is 0.133 e. The second kappa shape index (κ2) is 3.89. The molecule has 1 aliphatic carbocycles. The zero-order chi connectivity index (χ0) is 11.0. The number of aryl methyl sites for hydroxylation is 1. The molecule has 1 aliphatic rings. The summed E-state index contributed by atoms with van der Waals surface area (Å²) >= 11 is 0. The van der Waals surface area contributed by atoms with Crippen LogP contribution in [0.4, 0.5) is 8.78 Å². The van der Waals surface area contributed by atoms with Gasteiger partial charge in [-0.1, -0.05) is 18.9 Å². The molecule has 2 N–H and O–H groups in total. The topological polar surface area (TPSA) is 26.0 Å². The van der Waals surface area contributed by atoms with Crippen LogP contribution in [0.1, 0.15) is 36.4 Å². The van der Waals surface area contributed by atoms with Gasteiger partial charge in [0.2, 0.25) is 0 Å². The van der Waals surface area contributed by atoms with E-state index in [1.807, 2.05) is 0 Å². The first-order valence-corrected chi connectivity index (χ1v) is 5.29. The molecule has 1 aromatic carbocycles. The molecule has 1 atom stereocenters. The van der Waals surface area contributed by atoms with Gasteiger partial charge in [-0.3, -0.25) is 0 Å². The SMILES string of the molecule is Cc1ccc(F)c(C(N)CC2CC2)c1F. The van der Waals surface area contributed by atoms with E-state index in [0.29, 0.717) is 17.9 Å². The summed E-state index contributed by atoms with van der Waals surface area (Å²) < 4.78 is 27.1. The lowest BCUT2D eigenvalue weighted by Crippen LogP contribution is -2.15. The highest BCUT2D eigenvalue weighted by Crippen LogP contribution is 2.37. The number of rotatable bonds is 3. The Hall–Kier alpha value is -0.960. The zero-order valence-corrected chi connectivity index (χ0v) is 8.76. The molecule has 1 fully saturated rings. The normalized spacial score (nSPS) is 17.9. The molecule has 0 bridgehead atoms. The van der Waals surface area contributed by atoms with Crippen LogP contribution in [0.5, 0.6) is 0 Å². The molecule has 1 nitrogen and oxygen atoms in total. The quantitative estimate of drug-likeness (QED) is 0.817. The highest BCUT2D eigenvalue weighted by atomic mass is 19.1.